The Bertz CT molecular complexity index is 176. The number of piperidine rings is 1. The molecule has 76 valence electrons. The first-order valence-electron chi connectivity index (χ1n) is 5.45. The lowest BCUT2D eigenvalue weighted by Gasteiger charge is -2.41. The highest BCUT2D eigenvalue weighted by molar-refractivity contribution is 5.09. The molecule has 0 amide bonds. The van der Waals surface area contributed by atoms with Crippen molar-refractivity contribution >= 4 is 0 Å². The van der Waals surface area contributed by atoms with E-state index in [9.17, 15) is 0 Å². The predicted molar refractivity (Wildman–Crippen MR) is 58.9 cm³/mol. The highest BCUT2D eigenvalue weighted by atomic mass is 15.1. The van der Waals surface area contributed by atoms with Gasteiger partial charge in [0, 0.05) is 0 Å². The van der Waals surface area contributed by atoms with Crippen molar-refractivity contribution in [1.82, 2.24) is 4.90 Å². The summed E-state index contributed by atoms with van der Waals surface area (Å²) < 4.78 is 0. The fourth-order valence-corrected chi connectivity index (χ4v) is 2.42. The molecular formula is C12H23N. The minimum atomic E-state index is 0.473. The summed E-state index contributed by atoms with van der Waals surface area (Å²) in [6, 6.07) is 0. The molecule has 0 spiro atoms. The summed E-state index contributed by atoms with van der Waals surface area (Å²) in [4.78, 5) is 2.43. The van der Waals surface area contributed by atoms with Crippen LogP contribution < -0.4 is 0 Å². The molecule has 1 aliphatic heterocycles. The van der Waals surface area contributed by atoms with Gasteiger partial charge in [-0.25, -0.2) is 0 Å². The van der Waals surface area contributed by atoms with Gasteiger partial charge in [-0.05, 0) is 51.7 Å². The van der Waals surface area contributed by atoms with Crippen molar-refractivity contribution in [1.29, 1.82) is 0 Å². The maximum atomic E-state index is 4.18. The Morgan fingerprint density at radius 2 is 1.92 bits per heavy atom. The van der Waals surface area contributed by atoms with Crippen LogP contribution in [0, 0.1) is 5.41 Å². The zero-order valence-electron chi connectivity index (χ0n) is 9.40. The molecule has 1 saturated heterocycles. The molecule has 1 fully saturated rings. The van der Waals surface area contributed by atoms with Gasteiger partial charge in [0.25, 0.3) is 0 Å². The van der Waals surface area contributed by atoms with Crippen molar-refractivity contribution in [3.63, 3.8) is 0 Å². The van der Waals surface area contributed by atoms with Crippen molar-refractivity contribution in [2.24, 2.45) is 5.41 Å². The summed E-state index contributed by atoms with van der Waals surface area (Å²) >= 11 is 0. The topological polar surface area (TPSA) is 3.24 Å². The van der Waals surface area contributed by atoms with Crippen LogP contribution in [0.5, 0.6) is 0 Å². The van der Waals surface area contributed by atoms with E-state index in [0.717, 1.165) is 0 Å². The lowest BCUT2D eigenvalue weighted by Crippen LogP contribution is -2.38. The van der Waals surface area contributed by atoms with Crippen LogP contribution in [0.2, 0.25) is 0 Å². The predicted octanol–water partition coefficient (Wildman–Crippen LogP) is 3.07. The average molecular weight is 181 g/mol. The maximum Gasteiger partial charge on any atom is -0.00134 e. The van der Waals surface area contributed by atoms with E-state index in [0.29, 0.717) is 5.41 Å². The molecule has 0 unspecified atom stereocenters. The molecule has 0 saturated carbocycles. The van der Waals surface area contributed by atoms with E-state index in [1.165, 1.54) is 44.3 Å². The summed E-state index contributed by atoms with van der Waals surface area (Å²) in [5, 5.41) is 0. The van der Waals surface area contributed by atoms with Gasteiger partial charge in [0.2, 0.25) is 0 Å². The van der Waals surface area contributed by atoms with Crippen molar-refractivity contribution in [2.75, 3.05) is 20.1 Å². The van der Waals surface area contributed by atoms with Gasteiger partial charge in [0.1, 0.15) is 0 Å². The van der Waals surface area contributed by atoms with Gasteiger partial charge in [-0.15, -0.1) is 0 Å². The molecular weight excluding hydrogens is 158 g/mol. The number of hydrogen-bond donors (Lipinski definition) is 0. The van der Waals surface area contributed by atoms with Gasteiger partial charge in [0.05, 0.1) is 0 Å². The van der Waals surface area contributed by atoms with Gasteiger partial charge in [0.15, 0.2) is 0 Å². The zero-order chi connectivity index (χ0) is 9.90. The molecule has 0 aromatic heterocycles. The third kappa shape index (κ3) is 2.34. The Balaban J connectivity index is 2.63. The Morgan fingerprint density at radius 3 is 2.31 bits per heavy atom. The second-order valence-electron chi connectivity index (χ2n) is 4.61. The van der Waals surface area contributed by atoms with Crippen LogP contribution in [-0.2, 0) is 0 Å². The highest BCUT2D eigenvalue weighted by Crippen LogP contribution is 2.41. The van der Waals surface area contributed by atoms with E-state index < -0.39 is 0 Å². The monoisotopic (exact) mass is 181 g/mol. The standard InChI is InChI=1S/C12H23N/c1-5-6-12(11(2)3)7-9-13(4)10-8-12/h2,5-10H2,1,3-4H3. The van der Waals surface area contributed by atoms with E-state index >= 15 is 0 Å². The second-order valence-corrected chi connectivity index (χ2v) is 4.61. The van der Waals surface area contributed by atoms with Gasteiger partial charge in [-0.1, -0.05) is 25.5 Å². The third-order valence-corrected chi connectivity index (χ3v) is 3.58. The zero-order valence-corrected chi connectivity index (χ0v) is 9.40. The second kappa shape index (κ2) is 4.28. The molecule has 1 nitrogen and oxygen atoms in total. The lowest BCUT2D eigenvalue weighted by atomic mass is 9.70. The van der Waals surface area contributed by atoms with E-state index in [1.54, 1.807) is 0 Å². The summed E-state index contributed by atoms with van der Waals surface area (Å²) in [7, 11) is 2.22. The molecule has 0 radical (unpaired) electrons. The van der Waals surface area contributed by atoms with Gasteiger partial charge < -0.3 is 4.90 Å². The summed E-state index contributed by atoms with van der Waals surface area (Å²) in [6.45, 7) is 11.2. The third-order valence-electron chi connectivity index (χ3n) is 3.58. The minimum Gasteiger partial charge on any atom is -0.306 e. The largest absolute Gasteiger partial charge is 0.306 e. The van der Waals surface area contributed by atoms with Crippen LogP contribution in [0.1, 0.15) is 39.5 Å². The van der Waals surface area contributed by atoms with Crippen molar-refractivity contribution in [2.45, 2.75) is 39.5 Å². The Kier molecular flexibility index (Phi) is 3.55. The normalized spacial score (nSPS) is 23.0. The molecule has 1 heteroatoms. The van der Waals surface area contributed by atoms with Crippen LogP contribution >= 0.6 is 0 Å². The molecule has 0 aromatic rings. The Morgan fingerprint density at radius 1 is 1.38 bits per heavy atom. The van der Waals surface area contributed by atoms with Crippen LogP contribution in [0.15, 0.2) is 12.2 Å². The number of nitrogens with zero attached hydrogens (tertiary/aromatic N) is 1. The SMILES string of the molecule is C=C(C)C1(CCC)CCN(C)CC1. The number of rotatable bonds is 3. The van der Waals surface area contributed by atoms with Crippen LogP contribution in [-0.4, -0.2) is 25.0 Å². The summed E-state index contributed by atoms with van der Waals surface area (Å²) in [5.74, 6) is 0. The number of allylic oxidation sites excluding steroid dienone is 1. The Labute approximate surface area is 82.8 Å². The fraction of sp³-hybridized carbons (Fsp3) is 0.833. The maximum absolute atomic E-state index is 4.18. The van der Waals surface area contributed by atoms with Crippen LogP contribution in [0.25, 0.3) is 0 Å². The first kappa shape index (κ1) is 10.8. The average Bonchev–Trinajstić information content (AvgIpc) is 2.09. The smallest absolute Gasteiger partial charge is 0.00134 e. The van der Waals surface area contributed by atoms with E-state index in [-0.39, 0.29) is 0 Å². The molecule has 0 aliphatic carbocycles. The van der Waals surface area contributed by atoms with Crippen molar-refractivity contribution < 1.29 is 0 Å². The first-order valence-corrected chi connectivity index (χ1v) is 5.45. The van der Waals surface area contributed by atoms with Gasteiger partial charge in [-0.2, -0.15) is 0 Å². The van der Waals surface area contributed by atoms with Crippen LogP contribution in [0.4, 0.5) is 0 Å². The molecule has 1 rings (SSSR count). The molecule has 0 atom stereocenters. The van der Waals surface area contributed by atoms with Gasteiger partial charge in [-0.3, -0.25) is 0 Å². The number of likely N-dealkylation sites (tertiary alicyclic amines) is 1. The Hall–Kier alpha value is -0.300. The number of hydrogen-bond acceptors (Lipinski definition) is 1. The lowest BCUT2D eigenvalue weighted by molar-refractivity contribution is 0.145. The highest BCUT2D eigenvalue weighted by Gasteiger charge is 2.33. The minimum absolute atomic E-state index is 0.473. The summed E-state index contributed by atoms with van der Waals surface area (Å²) in [5.41, 5.74) is 1.88. The van der Waals surface area contributed by atoms with E-state index in [1.807, 2.05) is 0 Å². The van der Waals surface area contributed by atoms with Crippen molar-refractivity contribution in [3.8, 4) is 0 Å². The first-order chi connectivity index (χ1) is 6.10. The van der Waals surface area contributed by atoms with Gasteiger partial charge >= 0.3 is 0 Å². The summed E-state index contributed by atoms with van der Waals surface area (Å²) in [6.07, 6.45) is 5.24. The van der Waals surface area contributed by atoms with E-state index in [2.05, 4.69) is 32.4 Å². The molecule has 0 N–H and O–H groups in total. The fourth-order valence-electron chi connectivity index (χ4n) is 2.42. The molecule has 1 heterocycles. The van der Waals surface area contributed by atoms with E-state index in [4.69, 9.17) is 0 Å². The van der Waals surface area contributed by atoms with Crippen molar-refractivity contribution in [3.05, 3.63) is 12.2 Å². The molecule has 0 bridgehead atoms. The quantitative estimate of drug-likeness (QED) is 0.605. The van der Waals surface area contributed by atoms with Crippen LogP contribution in [0.3, 0.4) is 0 Å². The molecule has 0 aromatic carbocycles. The molecule has 13 heavy (non-hydrogen) atoms. The molecule has 1 aliphatic rings.